The van der Waals surface area contributed by atoms with E-state index in [4.69, 9.17) is 4.74 Å². The van der Waals surface area contributed by atoms with Crippen LogP contribution >= 0.6 is 0 Å². The second-order valence-corrected chi connectivity index (χ2v) is 7.06. The van der Waals surface area contributed by atoms with E-state index in [9.17, 15) is 4.79 Å². The molecule has 1 saturated heterocycles. The molecular weight excluding hydrogens is 342 g/mol. The Morgan fingerprint density at radius 2 is 2.19 bits per heavy atom. The number of carbonyl (C=O) groups is 1. The first-order chi connectivity index (χ1) is 13.1. The number of benzene rings is 1. The number of hydrogen-bond acceptors (Lipinski definition) is 5. The van der Waals surface area contributed by atoms with Crippen LogP contribution in [0.2, 0.25) is 0 Å². The largest absolute Gasteiger partial charge is 0.492 e. The number of amides is 1. The molecule has 1 unspecified atom stereocenters. The number of nitrogens with one attached hydrogen (secondary N) is 2. The van der Waals surface area contributed by atoms with E-state index in [0.29, 0.717) is 13.2 Å². The lowest BCUT2D eigenvalue weighted by Gasteiger charge is -2.31. The Balaban J connectivity index is 1.50. The topological polar surface area (TPSA) is 73.5 Å². The fourth-order valence-electron chi connectivity index (χ4n) is 3.49. The van der Waals surface area contributed by atoms with Crippen LogP contribution in [0.1, 0.15) is 18.5 Å². The van der Waals surface area contributed by atoms with Crippen molar-refractivity contribution in [2.45, 2.75) is 25.9 Å². The number of aryl methyl sites for hydroxylation is 1. The third-order valence-corrected chi connectivity index (χ3v) is 4.78. The van der Waals surface area contributed by atoms with E-state index in [-0.39, 0.29) is 12.1 Å². The Bertz CT molecular complexity index is 752. The van der Waals surface area contributed by atoms with Crippen molar-refractivity contribution in [1.82, 2.24) is 25.3 Å². The molecule has 2 heterocycles. The molecule has 1 radical (unpaired) electrons. The van der Waals surface area contributed by atoms with Crippen molar-refractivity contribution in [2.24, 2.45) is 0 Å². The molecule has 1 aliphatic rings. The van der Waals surface area contributed by atoms with Crippen LogP contribution in [-0.2, 0) is 4.79 Å². The third-order valence-electron chi connectivity index (χ3n) is 4.78. The van der Waals surface area contributed by atoms with Crippen molar-refractivity contribution in [1.29, 1.82) is 0 Å². The summed E-state index contributed by atoms with van der Waals surface area (Å²) in [5, 5.41) is 10.00. The average Bonchev–Trinajstić information content (AvgIpc) is 3.31. The molecule has 1 aromatic heterocycles. The van der Waals surface area contributed by atoms with E-state index in [1.165, 1.54) is 0 Å². The molecule has 0 aliphatic carbocycles. The molecule has 1 aliphatic heterocycles. The number of carbonyl (C=O) groups excluding carboxylic acids is 1. The number of aromatic nitrogens is 2. The lowest BCUT2D eigenvalue weighted by molar-refractivity contribution is -0.131. The zero-order valence-corrected chi connectivity index (χ0v) is 16.3. The fourth-order valence-corrected chi connectivity index (χ4v) is 3.49. The van der Waals surface area contributed by atoms with Crippen LogP contribution in [-0.4, -0.2) is 72.4 Å². The molecule has 145 valence electrons. The van der Waals surface area contributed by atoms with Crippen LogP contribution in [0.3, 0.4) is 0 Å². The standard InChI is InChI=1S/C20H28N5O2/c1-15-18(14-22-23-15)16-7-6-8-17(13-16)27-12-9-21-19(26)20(24(2)3)25-10-4-5-11-25/h7-8,13-14,20H,4-5,9-12H2,1-3H3,(H,21,26)(H,22,23). The van der Waals surface area contributed by atoms with Gasteiger partial charge in [0.15, 0.2) is 0 Å². The quantitative estimate of drug-likeness (QED) is 0.692. The first-order valence-electron chi connectivity index (χ1n) is 9.39. The van der Waals surface area contributed by atoms with Gasteiger partial charge in [0.1, 0.15) is 18.5 Å². The highest BCUT2D eigenvalue weighted by Gasteiger charge is 2.29. The molecular formula is C20H28N5O2. The first-order valence-corrected chi connectivity index (χ1v) is 9.39. The van der Waals surface area contributed by atoms with Crippen LogP contribution in [0.4, 0.5) is 0 Å². The van der Waals surface area contributed by atoms with Gasteiger partial charge in [-0.1, -0.05) is 0 Å². The van der Waals surface area contributed by atoms with Crippen LogP contribution in [0, 0.1) is 13.0 Å². The maximum absolute atomic E-state index is 12.6. The third kappa shape index (κ3) is 4.87. The molecule has 0 bridgehead atoms. The Morgan fingerprint density at radius 1 is 1.41 bits per heavy atom. The number of aromatic amines is 1. The summed E-state index contributed by atoms with van der Waals surface area (Å²) >= 11 is 0. The summed E-state index contributed by atoms with van der Waals surface area (Å²) in [7, 11) is 3.89. The molecule has 1 aromatic carbocycles. The summed E-state index contributed by atoms with van der Waals surface area (Å²) in [6.45, 7) is 4.78. The van der Waals surface area contributed by atoms with Crippen LogP contribution in [0.25, 0.3) is 11.1 Å². The predicted molar refractivity (Wildman–Crippen MR) is 104 cm³/mol. The summed E-state index contributed by atoms with van der Waals surface area (Å²) < 4.78 is 5.80. The predicted octanol–water partition coefficient (Wildman–Crippen LogP) is 1.66. The number of likely N-dealkylation sites (N-methyl/N-ethyl adjacent to an activating group) is 1. The molecule has 1 amide bonds. The van der Waals surface area contributed by atoms with Crippen molar-refractivity contribution in [2.75, 3.05) is 40.3 Å². The molecule has 27 heavy (non-hydrogen) atoms. The van der Waals surface area contributed by atoms with Gasteiger partial charge in [-0.15, -0.1) is 0 Å². The lowest BCUT2D eigenvalue weighted by Crippen LogP contribution is -2.54. The number of ether oxygens (including phenoxy) is 1. The van der Waals surface area contributed by atoms with Gasteiger partial charge >= 0.3 is 0 Å². The second kappa shape index (κ2) is 9.01. The molecule has 1 atom stereocenters. The molecule has 3 rings (SSSR count). The SMILES string of the molecule is Cc1n[nH]cc1-c1c[c]cc(OCCNC(=O)C(N(C)C)N2CCCC2)c1. The number of H-pyrrole nitrogens is 1. The molecule has 2 N–H and O–H groups in total. The Kier molecular flexibility index (Phi) is 6.47. The first kappa shape index (κ1) is 19.4. The van der Waals surface area contributed by atoms with Crippen molar-refractivity contribution in [3.8, 4) is 16.9 Å². The van der Waals surface area contributed by atoms with Gasteiger partial charge in [0.25, 0.3) is 5.91 Å². The minimum absolute atomic E-state index is 0.0276. The van der Waals surface area contributed by atoms with Crippen LogP contribution in [0.5, 0.6) is 5.75 Å². The van der Waals surface area contributed by atoms with Gasteiger partial charge in [-0.2, -0.15) is 5.10 Å². The van der Waals surface area contributed by atoms with Gasteiger partial charge in [0, 0.05) is 24.8 Å². The smallest absolute Gasteiger partial charge is 0.252 e. The Morgan fingerprint density at radius 3 is 2.85 bits per heavy atom. The summed E-state index contributed by atoms with van der Waals surface area (Å²) in [6, 6.07) is 8.77. The Hall–Kier alpha value is -2.38. The maximum Gasteiger partial charge on any atom is 0.252 e. The van der Waals surface area contributed by atoms with E-state index in [1.54, 1.807) is 6.07 Å². The number of hydrogen-bond donors (Lipinski definition) is 2. The summed E-state index contributed by atoms with van der Waals surface area (Å²) in [4.78, 5) is 16.8. The number of rotatable bonds is 8. The normalized spacial score (nSPS) is 15.9. The molecule has 1 fully saturated rings. The Labute approximate surface area is 160 Å². The van der Waals surface area contributed by atoms with Gasteiger partial charge in [0.05, 0.1) is 12.2 Å². The minimum Gasteiger partial charge on any atom is -0.492 e. The number of likely N-dealkylation sites (tertiary alicyclic amines) is 1. The van der Waals surface area contributed by atoms with E-state index in [2.05, 4.69) is 26.5 Å². The fraction of sp³-hybridized carbons (Fsp3) is 0.500. The van der Waals surface area contributed by atoms with Gasteiger partial charge in [-0.3, -0.25) is 19.7 Å². The highest BCUT2D eigenvalue weighted by atomic mass is 16.5. The molecule has 0 saturated carbocycles. The zero-order chi connectivity index (χ0) is 19.2. The average molecular weight is 370 g/mol. The highest BCUT2D eigenvalue weighted by molar-refractivity contribution is 5.81. The van der Waals surface area contributed by atoms with Crippen molar-refractivity contribution >= 4 is 5.91 Å². The number of nitrogens with zero attached hydrogens (tertiary/aromatic N) is 3. The van der Waals surface area contributed by atoms with E-state index >= 15 is 0 Å². The summed E-state index contributed by atoms with van der Waals surface area (Å²) in [5.41, 5.74) is 2.97. The van der Waals surface area contributed by atoms with Gasteiger partial charge in [0.2, 0.25) is 0 Å². The monoisotopic (exact) mass is 370 g/mol. The summed E-state index contributed by atoms with van der Waals surface area (Å²) in [6.07, 6.45) is 3.96. The van der Waals surface area contributed by atoms with E-state index in [1.807, 2.05) is 44.2 Å². The van der Waals surface area contributed by atoms with Crippen molar-refractivity contribution in [3.05, 3.63) is 36.2 Å². The van der Waals surface area contributed by atoms with Gasteiger partial charge in [-0.05, 0) is 63.7 Å². The molecule has 7 heteroatoms. The van der Waals surface area contributed by atoms with Gasteiger partial charge in [-0.25, -0.2) is 0 Å². The van der Waals surface area contributed by atoms with Gasteiger partial charge < -0.3 is 10.1 Å². The highest BCUT2D eigenvalue weighted by Crippen LogP contribution is 2.25. The van der Waals surface area contributed by atoms with Crippen LogP contribution in [0.15, 0.2) is 24.4 Å². The van der Waals surface area contributed by atoms with Crippen molar-refractivity contribution < 1.29 is 9.53 Å². The molecule has 2 aromatic rings. The molecule has 0 spiro atoms. The van der Waals surface area contributed by atoms with E-state index < -0.39 is 0 Å². The van der Waals surface area contributed by atoms with Crippen molar-refractivity contribution in [3.63, 3.8) is 0 Å². The minimum atomic E-state index is -0.215. The summed E-state index contributed by atoms with van der Waals surface area (Å²) in [5.74, 6) is 0.755. The van der Waals surface area contributed by atoms with Crippen LogP contribution < -0.4 is 10.1 Å². The van der Waals surface area contributed by atoms with E-state index in [0.717, 1.165) is 48.5 Å². The zero-order valence-electron chi connectivity index (χ0n) is 16.3. The maximum atomic E-state index is 12.6. The second-order valence-electron chi connectivity index (χ2n) is 7.06. The molecule has 7 nitrogen and oxygen atoms in total. The lowest BCUT2D eigenvalue weighted by atomic mass is 10.1.